The molecule has 0 saturated heterocycles. The predicted molar refractivity (Wildman–Crippen MR) is 99.4 cm³/mol. The molecule has 2 N–H and O–H groups in total. The molecule has 26 heavy (non-hydrogen) atoms. The van der Waals surface area contributed by atoms with Crippen LogP contribution in [0, 0.1) is 6.92 Å². The first kappa shape index (κ1) is 17.7. The van der Waals surface area contributed by atoms with Crippen LogP contribution in [-0.4, -0.2) is 34.7 Å². The van der Waals surface area contributed by atoms with Crippen molar-refractivity contribution in [1.29, 1.82) is 0 Å². The lowest BCUT2D eigenvalue weighted by molar-refractivity contribution is 0.0951. The third-order valence-corrected chi connectivity index (χ3v) is 4.06. The summed E-state index contributed by atoms with van der Waals surface area (Å²) in [5, 5.41) is 10.1. The maximum atomic E-state index is 12.2. The Hall–Kier alpha value is -3.15. The van der Waals surface area contributed by atoms with Crippen LogP contribution in [0.2, 0.25) is 0 Å². The normalized spacial score (nSPS) is 10.5. The third kappa shape index (κ3) is 4.47. The predicted octanol–water partition coefficient (Wildman–Crippen LogP) is 2.69. The van der Waals surface area contributed by atoms with Gasteiger partial charge >= 0.3 is 0 Å². The number of aromatic nitrogens is 3. The maximum absolute atomic E-state index is 12.2. The van der Waals surface area contributed by atoms with Crippen LogP contribution in [0.3, 0.4) is 0 Å². The highest BCUT2D eigenvalue weighted by Gasteiger charge is 2.11. The van der Waals surface area contributed by atoms with Gasteiger partial charge in [-0.15, -0.1) is 0 Å². The van der Waals surface area contributed by atoms with E-state index in [1.54, 1.807) is 19.2 Å². The van der Waals surface area contributed by atoms with Crippen LogP contribution < -0.4 is 10.1 Å². The van der Waals surface area contributed by atoms with Gasteiger partial charge in [0, 0.05) is 19.4 Å². The number of nitrogens with zero attached hydrogens (tertiary/aromatic N) is 2. The first-order valence-electron chi connectivity index (χ1n) is 8.52. The zero-order chi connectivity index (χ0) is 18.4. The van der Waals surface area contributed by atoms with Gasteiger partial charge in [-0.25, -0.2) is 4.98 Å². The molecule has 1 aromatic heterocycles. The number of benzene rings is 2. The van der Waals surface area contributed by atoms with Crippen LogP contribution >= 0.6 is 0 Å². The molecule has 0 unspecified atom stereocenters. The molecule has 0 aliphatic carbocycles. The zero-order valence-electron chi connectivity index (χ0n) is 15.0. The summed E-state index contributed by atoms with van der Waals surface area (Å²) in [6.07, 6.45) is 1.27. The second-order valence-electron chi connectivity index (χ2n) is 6.07. The standard InChI is InChI=1S/C20H22N4O2/c1-14-7-9-15(10-8-14)13-19-22-18(23-24-19)11-12-21-20(25)16-5-3-4-6-17(16)26-2/h3-10H,11-13H2,1-2H3,(H,21,25)(H,22,23,24). The summed E-state index contributed by atoms with van der Waals surface area (Å²) in [5.74, 6) is 1.90. The number of hydrogen-bond acceptors (Lipinski definition) is 4. The largest absolute Gasteiger partial charge is 0.496 e. The fraction of sp³-hybridized carbons (Fsp3) is 0.250. The van der Waals surface area contributed by atoms with Gasteiger partial charge in [0.15, 0.2) is 5.82 Å². The molecule has 0 spiro atoms. The van der Waals surface area contributed by atoms with Crippen molar-refractivity contribution >= 4 is 5.91 Å². The van der Waals surface area contributed by atoms with E-state index in [1.165, 1.54) is 11.1 Å². The number of hydrogen-bond donors (Lipinski definition) is 2. The second-order valence-corrected chi connectivity index (χ2v) is 6.07. The van der Waals surface area contributed by atoms with E-state index >= 15 is 0 Å². The molecular weight excluding hydrogens is 328 g/mol. The summed E-state index contributed by atoms with van der Waals surface area (Å²) in [6, 6.07) is 15.5. The van der Waals surface area contributed by atoms with Crippen LogP contribution in [-0.2, 0) is 12.8 Å². The van der Waals surface area contributed by atoms with Gasteiger partial charge in [-0.1, -0.05) is 42.0 Å². The summed E-state index contributed by atoms with van der Waals surface area (Å²) in [7, 11) is 1.55. The van der Waals surface area contributed by atoms with Crippen LogP contribution in [0.15, 0.2) is 48.5 Å². The fourth-order valence-electron chi connectivity index (χ4n) is 2.64. The molecule has 0 bridgehead atoms. The average Bonchev–Trinajstić information content (AvgIpc) is 3.10. The SMILES string of the molecule is COc1ccccc1C(=O)NCCc1n[nH]c(Cc2ccc(C)cc2)n1. The van der Waals surface area contributed by atoms with E-state index in [0.29, 0.717) is 36.5 Å². The highest BCUT2D eigenvalue weighted by atomic mass is 16.5. The van der Waals surface area contributed by atoms with E-state index in [2.05, 4.69) is 51.7 Å². The van der Waals surface area contributed by atoms with Gasteiger partial charge in [0.2, 0.25) is 0 Å². The van der Waals surface area contributed by atoms with E-state index < -0.39 is 0 Å². The molecule has 3 rings (SSSR count). The monoisotopic (exact) mass is 350 g/mol. The quantitative estimate of drug-likeness (QED) is 0.687. The highest BCUT2D eigenvalue weighted by molar-refractivity contribution is 5.96. The lowest BCUT2D eigenvalue weighted by Gasteiger charge is -2.08. The number of aromatic amines is 1. The summed E-state index contributed by atoms with van der Waals surface area (Å²) >= 11 is 0. The Kier molecular flexibility index (Phi) is 5.63. The number of carbonyl (C=O) groups excluding carboxylic acids is 1. The number of aryl methyl sites for hydroxylation is 1. The Morgan fingerprint density at radius 1 is 1.15 bits per heavy atom. The van der Waals surface area contributed by atoms with Crippen molar-refractivity contribution < 1.29 is 9.53 Å². The molecule has 134 valence electrons. The van der Waals surface area contributed by atoms with Gasteiger partial charge in [0.1, 0.15) is 11.6 Å². The number of methoxy groups -OCH3 is 1. The first-order chi connectivity index (χ1) is 12.7. The Morgan fingerprint density at radius 2 is 1.92 bits per heavy atom. The van der Waals surface area contributed by atoms with E-state index in [4.69, 9.17) is 4.74 Å². The van der Waals surface area contributed by atoms with Crippen LogP contribution in [0.25, 0.3) is 0 Å². The van der Waals surface area contributed by atoms with Crippen molar-refractivity contribution in [2.75, 3.05) is 13.7 Å². The molecule has 0 aliphatic heterocycles. The number of nitrogens with one attached hydrogen (secondary N) is 2. The van der Waals surface area contributed by atoms with Crippen molar-refractivity contribution in [3.8, 4) is 5.75 Å². The molecular formula is C20H22N4O2. The Morgan fingerprint density at radius 3 is 2.69 bits per heavy atom. The summed E-state index contributed by atoms with van der Waals surface area (Å²) in [4.78, 5) is 16.7. The number of ether oxygens (including phenoxy) is 1. The molecule has 0 saturated carbocycles. The molecule has 6 heteroatoms. The first-order valence-corrected chi connectivity index (χ1v) is 8.52. The van der Waals surface area contributed by atoms with E-state index in [0.717, 1.165) is 5.82 Å². The second kappa shape index (κ2) is 8.29. The van der Waals surface area contributed by atoms with E-state index in [-0.39, 0.29) is 5.91 Å². The molecule has 1 heterocycles. The third-order valence-electron chi connectivity index (χ3n) is 4.06. The van der Waals surface area contributed by atoms with Gasteiger partial charge in [0.25, 0.3) is 5.91 Å². The summed E-state index contributed by atoms with van der Waals surface area (Å²) < 4.78 is 5.21. The van der Waals surface area contributed by atoms with E-state index in [9.17, 15) is 4.79 Å². The molecule has 3 aromatic rings. The van der Waals surface area contributed by atoms with Crippen molar-refractivity contribution in [2.24, 2.45) is 0 Å². The van der Waals surface area contributed by atoms with Gasteiger partial charge < -0.3 is 10.1 Å². The molecule has 0 radical (unpaired) electrons. The molecule has 0 aliphatic rings. The number of amides is 1. The summed E-state index contributed by atoms with van der Waals surface area (Å²) in [5.41, 5.74) is 2.94. The Bertz CT molecular complexity index is 872. The van der Waals surface area contributed by atoms with Crippen molar-refractivity contribution in [2.45, 2.75) is 19.8 Å². The Balaban J connectivity index is 1.52. The topological polar surface area (TPSA) is 79.9 Å². The van der Waals surface area contributed by atoms with Crippen molar-refractivity contribution in [3.63, 3.8) is 0 Å². The van der Waals surface area contributed by atoms with Gasteiger partial charge in [0.05, 0.1) is 12.7 Å². The minimum Gasteiger partial charge on any atom is -0.496 e. The maximum Gasteiger partial charge on any atom is 0.255 e. The molecule has 1 amide bonds. The number of carbonyl (C=O) groups is 1. The van der Waals surface area contributed by atoms with E-state index in [1.807, 2.05) is 12.1 Å². The zero-order valence-corrected chi connectivity index (χ0v) is 15.0. The summed E-state index contributed by atoms with van der Waals surface area (Å²) in [6.45, 7) is 2.52. The smallest absolute Gasteiger partial charge is 0.255 e. The van der Waals surface area contributed by atoms with Gasteiger partial charge in [-0.2, -0.15) is 5.10 Å². The highest BCUT2D eigenvalue weighted by Crippen LogP contribution is 2.16. The van der Waals surface area contributed by atoms with Gasteiger partial charge in [-0.05, 0) is 24.6 Å². The van der Waals surface area contributed by atoms with Crippen LogP contribution in [0.4, 0.5) is 0 Å². The number of para-hydroxylation sites is 1. The molecule has 6 nitrogen and oxygen atoms in total. The van der Waals surface area contributed by atoms with Crippen LogP contribution in [0.5, 0.6) is 5.75 Å². The van der Waals surface area contributed by atoms with Crippen molar-refractivity contribution in [3.05, 3.63) is 76.9 Å². The average molecular weight is 350 g/mol. The van der Waals surface area contributed by atoms with Crippen molar-refractivity contribution in [1.82, 2.24) is 20.5 Å². The molecule has 2 aromatic carbocycles. The lowest BCUT2D eigenvalue weighted by atomic mass is 10.1. The van der Waals surface area contributed by atoms with Crippen LogP contribution in [0.1, 0.15) is 33.1 Å². The number of rotatable bonds is 7. The fourth-order valence-corrected chi connectivity index (χ4v) is 2.64. The minimum absolute atomic E-state index is 0.169. The lowest BCUT2D eigenvalue weighted by Crippen LogP contribution is -2.26. The van der Waals surface area contributed by atoms with Gasteiger partial charge in [-0.3, -0.25) is 9.89 Å². The minimum atomic E-state index is -0.169. The molecule has 0 atom stereocenters. The number of H-pyrrole nitrogens is 1. The Labute approximate surface area is 152 Å². The molecule has 0 fully saturated rings.